The molecule has 1 aliphatic heterocycles. The minimum atomic E-state index is 0.418. The third-order valence-corrected chi connectivity index (χ3v) is 4.19. The van der Waals surface area contributed by atoms with Crippen molar-refractivity contribution in [3.8, 4) is 0 Å². The molecule has 0 spiro atoms. The van der Waals surface area contributed by atoms with Gasteiger partial charge < -0.3 is 5.32 Å². The van der Waals surface area contributed by atoms with Gasteiger partial charge in [0.1, 0.15) is 0 Å². The van der Waals surface area contributed by atoms with Crippen molar-refractivity contribution in [2.24, 2.45) is 5.92 Å². The molecule has 0 amide bonds. The zero-order chi connectivity index (χ0) is 11.4. The van der Waals surface area contributed by atoms with Crippen LogP contribution in [0.15, 0.2) is 30.3 Å². The minimum Gasteiger partial charge on any atom is -0.316 e. The van der Waals surface area contributed by atoms with Gasteiger partial charge in [-0.1, -0.05) is 50.6 Å². The molecule has 0 radical (unpaired) electrons. The normalized spacial score (nSPS) is 30.2. The lowest BCUT2D eigenvalue weighted by atomic mass is 9.64. The largest absolute Gasteiger partial charge is 0.316 e. The van der Waals surface area contributed by atoms with Crippen molar-refractivity contribution in [2.45, 2.75) is 38.5 Å². The van der Waals surface area contributed by atoms with Gasteiger partial charge in [-0.25, -0.2) is 0 Å². The lowest BCUT2D eigenvalue weighted by molar-refractivity contribution is 0.199. The molecule has 88 valence electrons. The lowest BCUT2D eigenvalue weighted by Gasteiger charge is -2.44. The van der Waals surface area contributed by atoms with Gasteiger partial charge in [0.2, 0.25) is 0 Å². The second kappa shape index (κ2) is 5.01. The van der Waals surface area contributed by atoms with Gasteiger partial charge in [0.15, 0.2) is 0 Å². The molecule has 2 rings (SSSR count). The molecule has 1 aliphatic rings. The van der Waals surface area contributed by atoms with E-state index in [2.05, 4.69) is 49.5 Å². The minimum absolute atomic E-state index is 0.418. The molecule has 1 saturated heterocycles. The highest BCUT2D eigenvalue weighted by Gasteiger charge is 2.38. The van der Waals surface area contributed by atoms with Gasteiger partial charge in [0, 0.05) is 5.41 Å². The van der Waals surface area contributed by atoms with E-state index in [1.165, 1.54) is 25.8 Å². The molecule has 0 aliphatic carbocycles. The standard InChI is InChI=1S/C15H23N/c1-3-9-15(10-11-16-12-13(15)2)14-7-5-4-6-8-14/h4-8,13,16H,3,9-12H2,1-2H3. The number of nitrogens with one attached hydrogen (secondary N) is 1. The third-order valence-electron chi connectivity index (χ3n) is 4.19. The van der Waals surface area contributed by atoms with Crippen LogP contribution in [0.4, 0.5) is 0 Å². The first kappa shape index (κ1) is 11.7. The molecule has 2 unspecified atom stereocenters. The van der Waals surface area contributed by atoms with Gasteiger partial charge in [-0.2, -0.15) is 0 Å². The first-order valence-corrected chi connectivity index (χ1v) is 6.56. The van der Waals surface area contributed by atoms with Crippen LogP contribution in [0.1, 0.15) is 38.7 Å². The van der Waals surface area contributed by atoms with Gasteiger partial charge in [-0.3, -0.25) is 0 Å². The van der Waals surface area contributed by atoms with Crippen LogP contribution in [0.2, 0.25) is 0 Å². The number of benzene rings is 1. The summed E-state index contributed by atoms with van der Waals surface area (Å²) in [6.45, 7) is 7.03. The van der Waals surface area contributed by atoms with Crippen LogP contribution in [0, 0.1) is 5.92 Å². The summed E-state index contributed by atoms with van der Waals surface area (Å²) < 4.78 is 0. The van der Waals surface area contributed by atoms with Gasteiger partial charge >= 0.3 is 0 Å². The quantitative estimate of drug-likeness (QED) is 0.818. The van der Waals surface area contributed by atoms with E-state index in [9.17, 15) is 0 Å². The first-order chi connectivity index (χ1) is 7.79. The lowest BCUT2D eigenvalue weighted by Crippen LogP contribution is -2.46. The summed E-state index contributed by atoms with van der Waals surface area (Å²) in [7, 11) is 0. The highest BCUT2D eigenvalue weighted by atomic mass is 14.9. The molecule has 1 heterocycles. The van der Waals surface area contributed by atoms with Gasteiger partial charge in [-0.05, 0) is 37.4 Å². The molecule has 1 aromatic carbocycles. The molecular weight excluding hydrogens is 194 g/mol. The van der Waals surface area contributed by atoms with Crippen molar-refractivity contribution in [2.75, 3.05) is 13.1 Å². The highest BCUT2D eigenvalue weighted by molar-refractivity contribution is 5.27. The van der Waals surface area contributed by atoms with Crippen molar-refractivity contribution in [1.29, 1.82) is 0 Å². The molecule has 1 N–H and O–H groups in total. The van der Waals surface area contributed by atoms with Gasteiger partial charge in [-0.15, -0.1) is 0 Å². The molecule has 16 heavy (non-hydrogen) atoms. The molecule has 1 aromatic rings. The van der Waals surface area contributed by atoms with Gasteiger partial charge in [0.25, 0.3) is 0 Å². The Kier molecular flexibility index (Phi) is 3.65. The number of hydrogen-bond acceptors (Lipinski definition) is 1. The predicted molar refractivity (Wildman–Crippen MR) is 69.7 cm³/mol. The van der Waals surface area contributed by atoms with Crippen LogP contribution in [0.3, 0.4) is 0 Å². The van der Waals surface area contributed by atoms with E-state index in [1.54, 1.807) is 5.56 Å². The average molecular weight is 217 g/mol. The van der Waals surface area contributed by atoms with Crippen molar-refractivity contribution in [3.63, 3.8) is 0 Å². The Bertz CT molecular complexity index is 315. The van der Waals surface area contributed by atoms with Crippen molar-refractivity contribution < 1.29 is 0 Å². The van der Waals surface area contributed by atoms with E-state index in [0.29, 0.717) is 5.41 Å². The second-order valence-electron chi connectivity index (χ2n) is 5.13. The summed E-state index contributed by atoms with van der Waals surface area (Å²) in [6.07, 6.45) is 3.88. The molecule has 0 aromatic heterocycles. The van der Waals surface area contributed by atoms with E-state index in [1.807, 2.05) is 0 Å². The molecule has 1 nitrogen and oxygen atoms in total. The van der Waals surface area contributed by atoms with Crippen LogP contribution in [0.25, 0.3) is 0 Å². The fourth-order valence-corrected chi connectivity index (χ4v) is 3.23. The van der Waals surface area contributed by atoms with Crippen LogP contribution in [-0.4, -0.2) is 13.1 Å². The predicted octanol–water partition coefficient (Wildman–Crippen LogP) is 3.35. The van der Waals surface area contributed by atoms with Crippen LogP contribution in [-0.2, 0) is 5.41 Å². The maximum Gasteiger partial charge on any atom is 0.000263 e. The molecule has 1 heteroatoms. The molecule has 0 saturated carbocycles. The van der Waals surface area contributed by atoms with E-state index in [-0.39, 0.29) is 0 Å². The molecular formula is C15H23N. The van der Waals surface area contributed by atoms with Crippen molar-refractivity contribution in [1.82, 2.24) is 5.32 Å². The SMILES string of the molecule is CCCC1(c2ccccc2)CCNCC1C. The molecule has 1 fully saturated rings. The van der Waals surface area contributed by atoms with Crippen molar-refractivity contribution in [3.05, 3.63) is 35.9 Å². The Morgan fingerprint density at radius 2 is 2.06 bits per heavy atom. The van der Waals surface area contributed by atoms with Gasteiger partial charge in [0.05, 0.1) is 0 Å². The maximum atomic E-state index is 3.52. The topological polar surface area (TPSA) is 12.0 Å². The van der Waals surface area contributed by atoms with E-state index >= 15 is 0 Å². The summed E-state index contributed by atoms with van der Waals surface area (Å²) in [5.41, 5.74) is 1.97. The fourth-order valence-electron chi connectivity index (χ4n) is 3.23. The molecule has 0 bridgehead atoms. The average Bonchev–Trinajstić information content (AvgIpc) is 2.34. The molecule has 2 atom stereocenters. The number of rotatable bonds is 3. The number of hydrogen-bond donors (Lipinski definition) is 1. The Morgan fingerprint density at radius 1 is 1.31 bits per heavy atom. The van der Waals surface area contributed by atoms with E-state index in [0.717, 1.165) is 12.5 Å². The maximum absolute atomic E-state index is 3.52. The Balaban J connectivity index is 2.34. The van der Waals surface area contributed by atoms with E-state index in [4.69, 9.17) is 0 Å². The first-order valence-electron chi connectivity index (χ1n) is 6.56. The second-order valence-corrected chi connectivity index (χ2v) is 5.13. The van der Waals surface area contributed by atoms with Crippen LogP contribution < -0.4 is 5.32 Å². The zero-order valence-electron chi connectivity index (χ0n) is 10.5. The Morgan fingerprint density at radius 3 is 2.69 bits per heavy atom. The summed E-state index contributed by atoms with van der Waals surface area (Å²) in [5.74, 6) is 0.739. The van der Waals surface area contributed by atoms with Crippen molar-refractivity contribution >= 4 is 0 Å². The van der Waals surface area contributed by atoms with Crippen LogP contribution in [0.5, 0.6) is 0 Å². The summed E-state index contributed by atoms with van der Waals surface area (Å²) in [4.78, 5) is 0. The fraction of sp³-hybridized carbons (Fsp3) is 0.600. The van der Waals surface area contributed by atoms with Crippen LogP contribution >= 0.6 is 0 Å². The summed E-state index contributed by atoms with van der Waals surface area (Å²) in [5, 5.41) is 3.52. The van der Waals surface area contributed by atoms with E-state index < -0.39 is 0 Å². The number of piperidine rings is 1. The summed E-state index contributed by atoms with van der Waals surface area (Å²) in [6, 6.07) is 11.1. The monoisotopic (exact) mass is 217 g/mol. The third kappa shape index (κ3) is 2.01. The Hall–Kier alpha value is -0.820. The smallest absolute Gasteiger partial charge is 0.000263 e. The highest BCUT2D eigenvalue weighted by Crippen LogP contribution is 2.41. The Labute approximate surface area is 99.3 Å². The summed E-state index contributed by atoms with van der Waals surface area (Å²) >= 11 is 0. The zero-order valence-corrected chi connectivity index (χ0v) is 10.5.